The molecule has 0 aliphatic rings. The van der Waals surface area contributed by atoms with Crippen LogP contribution in [0.4, 0.5) is 5.69 Å². The number of aryl methyl sites for hydroxylation is 2. The SMILES string of the molecule is COc1ccc(N(CC(=O)N/N=C\c2cc(C)n(-c3cccc(Br)c3)c2C)S(=O)(=O)c2ccc(C)cc2)cc1Cl. The van der Waals surface area contributed by atoms with E-state index in [1.807, 2.05) is 51.1 Å². The molecule has 1 heterocycles. The number of rotatable bonds is 9. The van der Waals surface area contributed by atoms with Crippen LogP contribution in [0.15, 0.2) is 87.3 Å². The Labute approximate surface area is 247 Å². The van der Waals surface area contributed by atoms with Crippen LogP contribution >= 0.6 is 27.5 Å². The first-order valence-corrected chi connectivity index (χ1v) is 14.8. The molecule has 40 heavy (non-hydrogen) atoms. The van der Waals surface area contributed by atoms with Gasteiger partial charge in [-0.3, -0.25) is 9.10 Å². The van der Waals surface area contributed by atoms with Gasteiger partial charge in [0.25, 0.3) is 15.9 Å². The number of nitrogens with zero attached hydrogens (tertiary/aromatic N) is 3. The Balaban J connectivity index is 1.58. The van der Waals surface area contributed by atoms with Gasteiger partial charge >= 0.3 is 0 Å². The minimum absolute atomic E-state index is 0.0429. The van der Waals surface area contributed by atoms with E-state index in [-0.39, 0.29) is 15.6 Å². The molecule has 11 heteroatoms. The van der Waals surface area contributed by atoms with E-state index in [4.69, 9.17) is 16.3 Å². The fourth-order valence-corrected chi connectivity index (χ4v) is 6.29. The lowest BCUT2D eigenvalue weighted by atomic mass is 10.2. The van der Waals surface area contributed by atoms with Crippen molar-refractivity contribution >= 4 is 55.4 Å². The van der Waals surface area contributed by atoms with E-state index in [1.165, 1.54) is 37.6 Å². The van der Waals surface area contributed by atoms with E-state index in [2.05, 4.69) is 31.0 Å². The molecule has 1 N–H and O–H groups in total. The van der Waals surface area contributed by atoms with E-state index in [0.717, 1.165) is 37.0 Å². The predicted octanol–water partition coefficient (Wildman–Crippen LogP) is 6.17. The quantitative estimate of drug-likeness (QED) is 0.174. The summed E-state index contributed by atoms with van der Waals surface area (Å²) in [6.07, 6.45) is 1.54. The van der Waals surface area contributed by atoms with Crippen molar-refractivity contribution in [3.8, 4) is 11.4 Å². The maximum absolute atomic E-state index is 13.6. The van der Waals surface area contributed by atoms with E-state index in [9.17, 15) is 13.2 Å². The number of anilines is 1. The Morgan fingerprint density at radius 1 is 1.07 bits per heavy atom. The molecule has 0 fully saturated rings. The van der Waals surface area contributed by atoms with Crippen molar-refractivity contribution in [2.24, 2.45) is 5.10 Å². The Bertz CT molecular complexity index is 1680. The van der Waals surface area contributed by atoms with E-state index in [1.54, 1.807) is 18.2 Å². The molecule has 3 aromatic carbocycles. The summed E-state index contributed by atoms with van der Waals surface area (Å²) in [5.74, 6) is -0.243. The van der Waals surface area contributed by atoms with E-state index in [0.29, 0.717) is 5.75 Å². The van der Waals surface area contributed by atoms with Gasteiger partial charge in [-0.25, -0.2) is 13.8 Å². The number of halogens is 2. The van der Waals surface area contributed by atoms with Gasteiger partial charge in [-0.05, 0) is 75.4 Å². The summed E-state index contributed by atoms with van der Waals surface area (Å²) in [5.41, 5.74) is 7.30. The van der Waals surface area contributed by atoms with Gasteiger partial charge in [-0.2, -0.15) is 5.10 Å². The van der Waals surface area contributed by atoms with E-state index >= 15 is 0 Å². The maximum atomic E-state index is 13.6. The van der Waals surface area contributed by atoms with Crippen LogP contribution in [0.2, 0.25) is 5.02 Å². The fourth-order valence-electron chi connectivity index (χ4n) is 4.23. The Morgan fingerprint density at radius 2 is 1.80 bits per heavy atom. The van der Waals surface area contributed by atoms with Gasteiger partial charge in [0.15, 0.2) is 0 Å². The normalized spacial score (nSPS) is 11.6. The van der Waals surface area contributed by atoms with Crippen LogP contribution in [0.3, 0.4) is 0 Å². The molecule has 0 saturated heterocycles. The molecule has 0 saturated carbocycles. The number of hydrazone groups is 1. The number of ether oxygens (including phenoxy) is 1. The molecule has 0 aliphatic heterocycles. The van der Waals surface area contributed by atoms with Crippen molar-refractivity contribution in [1.29, 1.82) is 0 Å². The minimum atomic E-state index is -4.11. The average Bonchev–Trinajstić information content (AvgIpc) is 3.19. The van der Waals surface area contributed by atoms with Crippen LogP contribution in [-0.4, -0.2) is 38.8 Å². The van der Waals surface area contributed by atoms with Gasteiger partial charge < -0.3 is 9.30 Å². The second-order valence-corrected chi connectivity index (χ2v) is 12.3. The van der Waals surface area contributed by atoms with Crippen LogP contribution in [0, 0.1) is 20.8 Å². The Hall–Kier alpha value is -3.60. The smallest absolute Gasteiger partial charge is 0.264 e. The summed E-state index contributed by atoms with van der Waals surface area (Å²) < 4.78 is 36.4. The largest absolute Gasteiger partial charge is 0.495 e. The molecule has 4 rings (SSSR count). The Morgan fingerprint density at radius 3 is 2.45 bits per heavy atom. The molecule has 208 valence electrons. The number of carbonyl (C=O) groups is 1. The van der Waals surface area contributed by atoms with Gasteiger partial charge in [0, 0.05) is 27.1 Å². The van der Waals surface area contributed by atoms with Gasteiger partial charge in [-0.15, -0.1) is 0 Å². The number of hydrogen-bond acceptors (Lipinski definition) is 5. The average molecular weight is 644 g/mol. The molecule has 0 spiro atoms. The predicted molar refractivity (Wildman–Crippen MR) is 162 cm³/mol. The lowest BCUT2D eigenvalue weighted by molar-refractivity contribution is -0.119. The van der Waals surface area contributed by atoms with E-state index < -0.39 is 22.5 Å². The minimum Gasteiger partial charge on any atom is -0.495 e. The molecule has 8 nitrogen and oxygen atoms in total. The number of sulfonamides is 1. The molecule has 0 atom stereocenters. The van der Waals surface area contributed by atoms with Crippen molar-refractivity contribution in [1.82, 2.24) is 9.99 Å². The van der Waals surface area contributed by atoms with Crippen molar-refractivity contribution in [3.05, 3.63) is 105 Å². The molecule has 0 unspecified atom stereocenters. The zero-order chi connectivity index (χ0) is 29.0. The van der Waals surface area contributed by atoms with Crippen LogP contribution in [0.5, 0.6) is 5.75 Å². The number of methoxy groups -OCH3 is 1. The summed E-state index contributed by atoms with van der Waals surface area (Å²) in [5, 5.41) is 4.32. The van der Waals surface area contributed by atoms with Crippen molar-refractivity contribution in [2.75, 3.05) is 18.0 Å². The summed E-state index contributed by atoms with van der Waals surface area (Å²) in [6, 6.07) is 20.8. The van der Waals surface area contributed by atoms with Crippen molar-refractivity contribution in [3.63, 3.8) is 0 Å². The molecule has 1 aromatic heterocycles. The van der Waals surface area contributed by atoms with Crippen molar-refractivity contribution in [2.45, 2.75) is 25.7 Å². The molecule has 0 radical (unpaired) electrons. The number of aromatic nitrogens is 1. The van der Waals surface area contributed by atoms with Gasteiger partial charge in [0.1, 0.15) is 12.3 Å². The molecule has 0 bridgehead atoms. The summed E-state index contributed by atoms with van der Waals surface area (Å²) in [7, 11) is -2.65. The lowest BCUT2D eigenvalue weighted by Gasteiger charge is -2.24. The highest BCUT2D eigenvalue weighted by Crippen LogP contribution is 2.32. The zero-order valence-corrected chi connectivity index (χ0v) is 25.5. The standard InChI is InChI=1S/C29H28BrClN4O4S/c1-19-8-11-26(12-9-19)40(37,38)34(24-10-13-28(39-4)27(31)16-24)18-29(36)33-32-17-22-14-20(2)35(21(22)3)25-7-5-6-23(30)15-25/h5-17H,18H2,1-4H3,(H,33,36)/b32-17-. The first-order chi connectivity index (χ1) is 19.0. The number of amides is 1. The number of benzene rings is 3. The highest BCUT2D eigenvalue weighted by molar-refractivity contribution is 9.10. The van der Waals surface area contributed by atoms with Crippen LogP contribution in [0.25, 0.3) is 5.69 Å². The third kappa shape index (κ3) is 6.41. The topological polar surface area (TPSA) is 93.0 Å². The number of nitrogens with one attached hydrogen (secondary N) is 1. The van der Waals surface area contributed by atoms with Crippen molar-refractivity contribution < 1.29 is 17.9 Å². The first-order valence-electron chi connectivity index (χ1n) is 12.2. The lowest BCUT2D eigenvalue weighted by Crippen LogP contribution is -2.39. The van der Waals surface area contributed by atoms with Crippen LogP contribution < -0.4 is 14.5 Å². The first kappa shape index (κ1) is 29.4. The monoisotopic (exact) mass is 642 g/mol. The number of carbonyl (C=O) groups excluding carboxylic acids is 1. The summed E-state index contributed by atoms with van der Waals surface area (Å²) >= 11 is 9.79. The molecule has 0 aliphatic carbocycles. The van der Waals surface area contributed by atoms with Gasteiger partial charge in [0.05, 0.1) is 28.9 Å². The molecule has 4 aromatic rings. The second kappa shape index (κ2) is 12.3. The Kier molecular flexibility index (Phi) is 9.02. The van der Waals surface area contributed by atoms with Gasteiger partial charge in [0.2, 0.25) is 0 Å². The highest BCUT2D eigenvalue weighted by atomic mass is 79.9. The molecular weight excluding hydrogens is 616 g/mol. The fraction of sp³-hybridized carbons (Fsp3) is 0.172. The maximum Gasteiger partial charge on any atom is 0.264 e. The third-order valence-electron chi connectivity index (χ3n) is 6.25. The zero-order valence-electron chi connectivity index (χ0n) is 22.4. The summed E-state index contributed by atoms with van der Waals surface area (Å²) in [4.78, 5) is 13.0. The van der Waals surface area contributed by atoms with Gasteiger partial charge in [-0.1, -0.05) is 51.3 Å². The number of hydrogen-bond donors (Lipinski definition) is 1. The summed E-state index contributed by atoms with van der Waals surface area (Å²) in [6.45, 7) is 5.28. The highest BCUT2D eigenvalue weighted by Gasteiger charge is 2.28. The second-order valence-electron chi connectivity index (χ2n) is 9.08. The molecular formula is C29H28BrClN4O4S. The van der Waals surface area contributed by atoms with Crippen LogP contribution in [-0.2, 0) is 14.8 Å². The third-order valence-corrected chi connectivity index (χ3v) is 8.83. The van der Waals surface area contributed by atoms with Crippen LogP contribution in [0.1, 0.15) is 22.5 Å². The molecule has 1 amide bonds.